The smallest absolute Gasteiger partial charge is 0.119 e. The standard InChI is InChI=1S/C7H6I3N3/c1-4-12-5(2-3-8)6(7(9)11)13(4)10/h2-3,11H,1H3/b3-2-,11-7?. The molecule has 1 aromatic heterocycles. The molecule has 6 heteroatoms. The second kappa shape index (κ2) is 5.05. The van der Waals surface area contributed by atoms with E-state index < -0.39 is 0 Å². The number of nitrogens with zero attached hydrogens (tertiary/aromatic N) is 2. The highest BCUT2D eigenvalue weighted by Crippen LogP contribution is 2.19. The molecule has 0 unspecified atom stereocenters. The van der Waals surface area contributed by atoms with Crippen LogP contribution in [0.2, 0.25) is 0 Å². The van der Waals surface area contributed by atoms with Crippen LogP contribution in [0, 0.1) is 12.3 Å². The molecule has 0 fully saturated rings. The molecular formula is C7H6I3N3. The number of imidazole rings is 1. The van der Waals surface area contributed by atoms with Gasteiger partial charge in [-0.05, 0) is 39.7 Å². The number of rotatable bonds is 2. The Bertz CT molecular complexity index is 367. The Kier molecular flexibility index (Phi) is 4.62. The summed E-state index contributed by atoms with van der Waals surface area (Å²) in [5, 5.41) is 7.59. The third-order valence-corrected chi connectivity index (χ3v) is 3.49. The van der Waals surface area contributed by atoms with E-state index in [4.69, 9.17) is 5.41 Å². The molecule has 0 atom stereocenters. The van der Waals surface area contributed by atoms with Crippen molar-refractivity contribution in [3.63, 3.8) is 0 Å². The van der Waals surface area contributed by atoms with Crippen LogP contribution in [0.3, 0.4) is 0 Å². The predicted molar refractivity (Wildman–Crippen MR) is 80.3 cm³/mol. The van der Waals surface area contributed by atoms with Gasteiger partial charge in [0.25, 0.3) is 0 Å². The topological polar surface area (TPSA) is 41.7 Å². The van der Waals surface area contributed by atoms with Crippen molar-refractivity contribution in [1.29, 1.82) is 5.41 Å². The molecule has 0 spiro atoms. The molecule has 0 aliphatic rings. The molecule has 0 aliphatic heterocycles. The van der Waals surface area contributed by atoms with Gasteiger partial charge in [0.1, 0.15) is 15.2 Å². The second-order valence-electron chi connectivity index (χ2n) is 2.28. The minimum Gasteiger partial charge on any atom is -0.292 e. The molecule has 13 heavy (non-hydrogen) atoms. The van der Waals surface area contributed by atoms with Gasteiger partial charge in [0.15, 0.2) is 0 Å². The molecule has 0 radical (unpaired) electrons. The van der Waals surface area contributed by atoms with Crippen LogP contribution < -0.4 is 0 Å². The summed E-state index contributed by atoms with van der Waals surface area (Å²) in [4.78, 5) is 4.34. The normalized spacial score (nSPS) is 11.1. The number of hydrogen-bond acceptors (Lipinski definition) is 2. The highest BCUT2D eigenvalue weighted by molar-refractivity contribution is 14.1. The maximum absolute atomic E-state index is 7.59. The van der Waals surface area contributed by atoms with E-state index in [9.17, 15) is 0 Å². The Morgan fingerprint density at radius 1 is 1.62 bits per heavy atom. The highest BCUT2D eigenvalue weighted by atomic mass is 127. The number of aryl methyl sites for hydroxylation is 1. The Morgan fingerprint density at radius 2 is 2.23 bits per heavy atom. The summed E-state index contributed by atoms with van der Waals surface area (Å²) in [5.41, 5.74) is 1.73. The first-order chi connectivity index (χ1) is 6.07. The molecule has 0 aliphatic carbocycles. The third kappa shape index (κ3) is 2.64. The molecule has 0 bridgehead atoms. The molecule has 3 nitrogen and oxygen atoms in total. The zero-order valence-corrected chi connectivity index (χ0v) is 13.2. The van der Waals surface area contributed by atoms with Gasteiger partial charge < -0.3 is 0 Å². The van der Waals surface area contributed by atoms with E-state index in [1.54, 1.807) is 0 Å². The van der Waals surface area contributed by atoms with Crippen LogP contribution in [0.25, 0.3) is 6.08 Å². The summed E-state index contributed by atoms with van der Waals surface area (Å²) >= 11 is 6.29. The lowest BCUT2D eigenvalue weighted by Crippen LogP contribution is -1.96. The van der Waals surface area contributed by atoms with E-state index in [0.29, 0.717) is 3.72 Å². The fraction of sp³-hybridized carbons (Fsp3) is 0.143. The van der Waals surface area contributed by atoms with E-state index >= 15 is 0 Å². The Labute approximate surface area is 118 Å². The van der Waals surface area contributed by atoms with Gasteiger partial charge in [-0.15, -0.1) is 0 Å². The van der Waals surface area contributed by atoms with Crippen molar-refractivity contribution in [2.24, 2.45) is 0 Å². The SMILES string of the molecule is Cc1nc(/C=C\I)c(C(=N)I)n1I. The van der Waals surface area contributed by atoms with E-state index in [-0.39, 0.29) is 0 Å². The second-order valence-corrected chi connectivity index (χ2v) is 5.04. The lowest BCUT2D eigenvalue weighted by atomic mass is 10.3. The van der Waals surface area contributed by atoms with Crippen molar-refractivity contribution < 1.29 is 0 Å². The first-order valence-corrected chi connectivity index (χ1v) is 6.63. The molecule has 1 rings (SSSR count). The monoisotopic (exact) mass is 513 g/mol. The Hall–Kier alpha value is 0.810. The zero-order chi connectivity index (χ0) is 10.0. The van der Waals surface area contributed by atoms with E-state index in [1.165, 1.54) is 0 Å². The van der Waals surface area contributed by atoms with Crippen LogP contribution >= 0.6 is 68.0 Å². The quantitative estimate of drug-likeness (QED) is 0.478. The molecule has 1 N–H and O–H groups in total. The molecule has 0 saturated heterocycles. The van der Waals surface area contributed by atoms with Gasteiger partial charge in [0, 0.05) is 0 Å². The fourth-order valence-corrected chi connectivity index (χ4v) is 2.82. The van der Waals surface area contributed by atoms with Gasteiger partial charge in [-0.1, -0.05) is 22.6 Å². The van der Waals surface area contributed by atoms with Crippen molar-refractivity contribution in [1.82, 2.24) is 7.76 Å². The fourth-order valence-electron chi connectivity index (χ4n) is 0.908. The van der Waals surface area contributed by atoms with Crippen LogP contribution in [0.5, 0.6) is 0 Å². The van der Waals surface area contributed by atoms with Crippen LogP contribution in [0.4, 0.5) is 0 Å². The minimum absolute atomic E-state index is 0.511. The molecule has 1 aromatic rings. The molecule has 1 heterocycles. The van der Waals surface area contributed by atoms with Gasteiger partial charge in [0.2, 0.25) is 0 Å². The largest absolute Gasteiger partial charge is 0.292 e. The average molecular weight is 513 g/mol. The van der Waals surface area contributed by atoms with Crippen LogP contribution in [0.1, 0.15) is 17.2 Å². The van der Waals surface area contributed by atoms with Crippen molar-refractivity contribution in [2.45, 2.75) is 6.92 Å². The van der Waals surface area contributed by atoms with E-state index in [1.807, 2.05) is 42.5 Å². The van der Waals surface area contributed by atoms with Gasteiger partial charge in [-0.3, -0.25) is 8.19 Å². The highest BCUT2D eigenvalue weighted by Gasteiger charge is 2.13. The summed E-state index contributed by atoms with van der Waals surface area (Å²) in [6.07, 6.45) is 1.91. The number of aromatic nitrogens is 2. The van der Waals surface area contributed by atoms with Crippen molar-refractivity contribution in [3.05, 3.63) is 21.3 Å². The van der Waals surface area contributed by atoms with Gasteiger partial charge in [0.05, 0.1) is 28.6 Å². The maximum Gasteiger partial charge on any atom is 0.119 e. The van der Waals surface area contributed by atoms with Crippen LogP contribution in [0.15, 0.2) is 4.08 Å². The number of hydrogen-bond donors (Lipinski definition) is 1. The van der Waals surface area contributed by atoms with E-state index in [0.717, 1.165) is 17.2 Å². The van der Waals surface area contributed by atoms with Gasteiger partial charge in [-0.2, -0.15) is 0 Å². The van der Waals surface area contributed by atoms with Crippen molar-refractivity contribution >= 4 is 77.8 Å². The van der Waals surface area contributed by atoms with Gasteiger partial charge >= 0.3 is 0 Å². The summed E-state index contributed by atoms with van der Waals surface area (Å²) in [7, 11) is 0. The van der Waals surface area contributed by atoms with Crippen molar-refractivity contribution in [2.75, 3.05) is 0 Å². The van der Waals surface area contributed by atoms with E-state index in [2.05, 4.69) is 50.4 Å². The number of nitrogens with one attached hydrogen (secondary N) is 1. The lowest BCUT2D eigenvalue weighted by Gasteiger charge is -1.97. The third-order valence-electron chi connectivity index (χ3n) is 1.43. The average Bonchev–Trinajstić information content (AvgIpc) is 2.28. The molecule has 0 aromatic carbocycles. The molecule has 0 saturated carbocycles. The maximum atomic E-state index is 7.59. The first-order valence-electron chi connectivity index (χ1n) is 3.34. The minimum atomic E-state index is 0.511. The summed E-state index contributed by atoms with van der Waals surface area (Å²) < 4.78 is 4.31. The Morgan fingerprint density at radius 3 is 2.69 bits per heavy atom. The van der Waals surface area contributed by atoms with Crippen LogP contribution in [-0.4, -0.2) is 11.5 Å². The molecule has 0 amide bonds. The molecule has 70 valence electrons. The van der Waals surface area contributed by atoms with Crippen molar-refractivity contribution in [3.8, 4) is 0 Å². The zero-order valence-electron chi connectivity index (χ0n) is 6.68. The lowest BCUT2D eigenvalue weighted by molar-refractivity contribution is 1.12. The number of halogens is 3. The summed E-state index contributed by atoms with van der Waals surface area (Å²) in [6, 6.07) is 0. The molecular weight excluding hydrogens is 507 g/mol. The first kappa shape index (κ1) is 11.9. The summed E-state index contributed by atoms with van der Waals surface area (Å²) in [6.45, 7) is 1.93. The Balaban J connectivity index is 3.35. The van der Waals surface area contributed by atoms with Gasteiger partial charge in [-0.25, -0.2) is 4.98 Å². The summed E-state index contributed by atoms with van der Waals surface area (Å²) in [5.74, 6) is 0.918. The van der Waals surface area contributed by atoms with Crippen LogP contribution in [-0.2, 0) is 0 Å². The predicted octanol–water partition coefficient (Wildman–Crippen LogP) is 3.56.